The maximum absolute atomic E-state index is 12.0. The van der Waals surface area contributed by atoms with Crippen molar-refractivity contribution < 1.29 is 23.9 Å². The molecule has 0 aromatic rings. The standard InChI is InChI=1S/C12H18N2O5/c1-18-11(16)8-9(12(17)19-2)7-10(15)14-5-3-13-4-6-14/h8,13H,3-7H2,1-2H3/b9-8+. The number of piperazine rings is 1. The van der Waals surface area contributed by atoms with Gasteiger partial charge in [-0.05, 0) is 0 Å². The number of carbonyl (C=O) groups is 3. The molecule has 0 radical (unpaired) electrons. The number of nitrogens with one attached hydrogen (secondary N) is 1. The predicted molar refractivity (Wildman–Crippen MR) is 66.2 cm³/mol. The maximum atomic E-state index is 12.0. The molecule has 19 heavy (non-hydrogen) atoms. The normalized spacial score (nSPS) is 15.9. The van der Waals surface area contributed by atoms with Gasteiger partial charge in [0.25, 0.3) is 0 Å². The molecule has 1 rings (SSSR count). The number of esters is 2. The van der Waals surface area contributed by atoms with Crippen molar-refractivity contribution in [1.29, 1.82) is 0 Å². The molecular formula is C12H18N2O5. The number of ether oxygens (including phenoxy) is 2. The van der Waals surface area contributed by atoms with Crippen molar-refractivity contribution in [3.8, 4) is 0 Å². The summed E-state index contributed by atoms with van der Waals surface area (Å²) in [5.41, 5.74) is -0.00196. The highest BCUT2D eigenvalue weighted by molar-refractivity contribution is 6.00. The minimum atomic E-state index is -0.700. The topological polar surface area (TPSA) is 84.9 Å². The fourth-order valence-corrected chi connectivity index (χ4v) is 1.70. The van der Waals surface area contributed by atoms with Crippen molar-refractivity contribution >= 4 is 17.8 Å². The highest BCUT2D eigenvalue weighted by Gasteiger charge is 2.21. The second-order valence-electron chi connectivity index (χ2n) is 3.99. The lowest BCUT2D eigenvalue weighted by molar-refractivity contribution is -0.140. The van der Waals surface area contributed by atoms with E-state index in [1.165, 1.54) is 14.2 Å². The molecule has 1 amide bonds. The van der Waals surface area contributed by atoms with Crippen molar-refractivity contribution in [1.82, 2.24) is 10.2 Å². The lowest BCUT2D eigenvalue weighted by atomic mass is 10.1. The van der Waals surface area contributed by atoms with E-state index in [-0.39, 0.29) is 17.9 Å². The van der Waals surface area contributed by atoms with Crippen LogP contribution in [-0.2, 0) is 23.9 Å². The second-order valence-corrected chi connectivity index (χ2v) is 3.99. The van der Waals surface area contributed by atoms with Crippen LogP contribution in [0.3, 0.4) is 0 Å². The van der Waals surface area contributed by atoms with Crippen LogP contribution in [0.4, 0.5) is 0 Å². The number of amides is 1. The predicted octanol–water partition coefficient (Wildman–Crippen LogP) is -0.919. The summed E-state index contributed by atoms with van der Waals surface area (Å²) in [5, 5.41) is 3.12. The van der Waals surface area contributed by atoms with Gasteiger partial charge in [0.05, 0.1) is 26.2 Å². The molecule has 0 spiro atoms. The van der Waals surface area contributed by atoms with Crippen molar-refractivity contribution in [2.45, 2.75) is 6.42 Å². The van der Waals surface area contributed by atoms with Gasteiger partial charge in [-0.1, -0.05) is 0 Å². The highest BCUT2D eigenvalue weighted by Crippen LogP contribution is 2.08. The highest BCUT2D eigenvalue weighted by atomic mass is 16.5. The Morgan fingerprint density at radius 1 is 1.16 bits per heavy atom. The average molecular weight is 270 g/mol. The molecule has 1 heterocycles. The molecule has 1 N–H and O–H groups in total. The summed E-state index contributed by atoms with van der Waals surface area (Å²) >= 11 is 0. The Labute approximate surface area is 111 Å². The van der Waals surface area contributed by atoms with Crippen LogP contribution in [0.1, 0.15) is 6.42 Å². The van der Waals surface area contributed by atoms with Gasteiger partial charge in [0, 0.05) is 32.3 Å². The molecular weight excluding hydrogens is 252 g/mol. The van der Waals surface area contributed by atoms with E-state index < -0.39 is 11.9 Å². The van der Waals surface area contributed by atoms with Crippen LogP contribution < -0.4 is 5.32 Å². The molecule has 1 aliphatic heterocycles. The van der Waals surface area contributed by atoms with Gasteiger partial charge in [-0.2, -0.15) is 0 Å². The molecule has 7 nitrogen and oxygen atoms in total. The SMILES string of the molecule is COC(=O)/C=C(\CC(=O)N1CCNCC1)C(=O)OC. The van der Waals surface area contributed by atoms with Crippen LogP contribution in [0.25, 0.3) is 0 Å². The third-order valence-corrected chi connectivity index (χ3v) is 2.75. The fourth-order valence-electron chi connectivity index (χ4n) is 1.70. The van der Waals surface area contributed by atoms with Gasteiger partial charge in [0.1, 0.15) is 0 Å². The van der Waals surface area contributed by atoms with Crippen molar-refractivity contribution in [3.63, 3.8) is 0 Å². The Hall–Kier alpha value is -1.89. The maximum Gasteiger partial charge on any atom is 0.334 e. The van der Waals surface area contributed by atoms with E-state index in [1.807, 2.05) is 0 Å². The Bertz CT molecular complexity index is 386. The largest absolute Gasteiger partial charge is 0.466 e. The lowest BCUT2D eigenvalue weighted by Gasteiger charge is -2.27. The van der Waals surface area contributed by atoms with Crippen LogP contribution in [0.15, 0.2) is 11.6 Å². The Morgan fingerprint density at radius 2 is 1.79 bits per heavy atom. The van der Waals surface area contributed by atoms with Crippen LogP contribution in [-0.4, -0.2) is 63.1 Å². The molecule has 1 saturated heterocycles. The minimum Gasteiger partial charge on any atom is -0.466 e. The summed E-state index contributed by atoms with van der Waals surface area (Å²) in [7, 11) is 2.40. The smallest absolute Gasteiger partial charge is 0.334 e. The van der Waals surface area contributed by atoms with Gasteiger partial charge in [-0.25, -0.2) is 9.59 Å². The van der Waals surface area contributed by atoms with Crippen LogP contribution in [0, 0.1) is 0 Å². The number of carbonyl (C=O) groups excluding carboxylic acids is 3. The number of hydrogen-bond acceptors (Lipinski definition) is 6. The quantitative estimate of drug-likeness (QED) is 0.525. The van der Waals surface area contributed by atoms with E-state index in [1.54, 1.807) is 4.90 Å². The Balaban J connectivity index is 2.71. The Morgan fingerprint density at radius 3 is 2.32 bits per heavy atom. The van der Waals surface area contributed by atoms with E-state index in [9.17, 15) is 14.4 Å². The van der Waals surface area contributed by atoms with Crippen molar-refractivity contribution in [3.05, 3.63) is 11.6 Å². The van der Waals surface area contributed by atoms with Crippen molar-refractivity contribution in [2.75, 3.05) is 40.4 Å². The molecule has 0 unspecified atom stereocenters. The molecule has 1 aliphatic rings. The van der Waals surface area contributed by atoms with Crippen LogP contribution in [0.2, 0.25) is 0 Å². The van der Waals surface area contributed by atoms with E-state index in [0.29, 0.717) is 13.1 Å². The van der Waals surface area contributed by atoms with Gasteiger partial charge >= 0.3 is 11.9 Å². The first-order chi connectivity index (χ1) is 9.08. The first-order valence-electron chi connectivity index (χ1n) is 5.93. The van der Waals surface area contributed by atoms with Gasteiger partial charge in [-0.3, -0.25) is 4.79 Å². The molecule has 0 aromatic carbocycles. The third kappa shape index (κ3) is 4.70. The molecule has 0 atom stereocenters. The van der Waals surface area contributed by atoms with Gasteiger partial charge in [-0.15, -0.1) is 0 Å². The summed E-state index contributed by atoms with van der Waals surface area (Å²) < 4.78 is 8.99. The summed E-state index contributed by atoms with van der Waals surface area (Å²) in [6, 6.07) is 0. The zero-order valence-corrected chi connectivity index (χ0v) is 11.1. The van der Waals surface area contributed by atoms with E-state index in [2.05, 4.69) is 14.8 Å². The number of rotatable bonds is 4. The van der Waals surface area contributed by atoms with Crippen molar-refractivity contribution in [2.24, 2.45) is 0 Å². The van der Waals surface area contributed by atoms with E-state index in [0.717, 1.165) is 19.2 Å². The summed E-state index contributed by atoms with van der Waals surface area (Å²) in [5.74, 6) is -1.59. The van der Waals surface area contributed by atoms with Crippen LogP contribution in [0.5, 0.6) is 0 Å². The summed E-state index contributed by atoms with van der Waals surface area (Å²) in [6.07, 6.45) is 0.827. The van der Waals surface area contributed by atoms with Crippen LogP contribution >= 0.6 is 0 Å². The fraction of sp³-hybridized carbons (Fsp3) is 0.583. The zero-order valence-electron chi connectivity index (χ0n) is 11.1. The molecule has 106 valence electrons. The molecule has 1 fully saturated rings. The third-order valence-electron chi connectivity index (χ3n) is 2.75. The second kappa shape index (κ2) is 7.52. The molecule has 0 aliphatic carbocycles. The zero-order chi connectivity index (χ0) is 14.3. The van der Waals surface area contributed by atoms with E-state index in [4.69, 9.17) is 0 Å². The lowest BCUT2D eigenvalue weighted by Crippen LogP contribution is -2.46. The first kappa shape index (κ1) is 15.2. The minimum absolute atomic E-state index is 0.00196. The van der Waals surface area contributed by atoms with Gasteiger partial charge < -0.3 is 19.7 Å². The summed E-state index contributed by atoms with van der Waals surface area (Å²) in [6.45, 7) is 2.62. The molecule has 7 heteroatoms. The Kier molecular flexibility index (Phi) is 6.01. The molecule has 0 aromatic heterocycles. The summed E-state index contributed by atoms with van der Waals surface area (Å²) in [4.78, 5) is 36.3. The first-order valence-corrected chi connectivity index (χ1v) is 5.93. The molecule has 0 saturated carbocycles. The molecule has 0 bridgehead atoms. The average Bonchev–Trinajstić information content (AvgIpc) is 2.46. The monoisotopic (exact) mass is 270 g/mol. The van der Waals surface area contributed by atoms with E-state index >= 15 is 0 Å². The number of methoxy groups -OCH3 is 2. The number of hydrogen-bond donors (Lipinski definition) is 1. The van der Waals surface area contributed by atoms with Gasteiger partial charge in [0.2, 0.25) is 5.91 Å². The van der Waals surface area contributed by atoms with Gasteiger partial charge in [0.15, 0.2) is 0 Å². The number of nitrogens with zero attached hydrogens (tertiary/aromatic N) is 1.